The number of amides is 1. The first-order valence-electron chi connectivity index (χ1n) is 4.79. The van der Waals surface area contributed by atoms with E-state index in [0.717, 1.165) is 6.07 Å². The molecule has 0 heterocycles. The second-order valence-corrected chi connectivity index (χ2v) is 3.31. The van der Waals surface area contributed by atoms with E-state index in [1.807, 2.05) is 0 Å². The first-order chi connectivity index (χ1) is 7.04. The average molecular weight is 213 g/mol. The predicted octanol–water partition coefficient (Wildman–Crippen LogP) is 2.55. The Kier molecular flexibility index (Phi) is 3.77. The molecule has 4 heteroatoms. The van der Waals surface area contributed by atoms with Gasteiger partial charge >= 0.3 is 0 Å². The minimum Gasteiger partial charge on any atom is -0.349 e. The lowest BCUT2D eigenvalue weighted by atomic mass is 10.1. The number of carbonyl (C=O) groups excluding carboxylic acids is 1. The Morgan fingerprint density at radius 2 is 2.13 bits per heavy atom. The Morgan fingerprint density at radius 3 is 2.67 bits per heavy atom. The third kappa shape index (κ3) is 3.01. The molecule has 2 nitrogen and oxygen atoms in total. The predicted molar refractivity (Wildman–Crippen MR) is 53.2 cm³/mol. The molecule has 0 unspecified atom stereocenters. The minimum atomic E-state index is -0.640. The molecule has 0 radical (unpaired) electrons. The molecule has 0 fully saturated rings. The third-order valence-corrected chi connectivity index (χ3v) is 2.13. The van der Waals surface area contributed by atoms with Gasteiger partial charge in [-0.15, -0.1) is 0 Å². The molecule has 0 aliphatic rings. The van der Waals surface area contributed by atoms with Gasteiger partial charge in [0.15, 0.2) is 0 Å². The molecular weight excluding hydrogens is 200 g/mol. The molecule has 82 valence electrons. The zero-order valence-electron chi connectivity index (χ0n) is 8.68. The molecule has 1 amide bonds. The molecule has 0 saturated carbocycles. The van der Waals surface area contributed by atoms with Crippen LogP contribution in [0.5, 0.6) is 0 Å². The summed E-state index contributed by atoms with van der Waals surface area (Å²) in [5.41, 5.74) is 0.290. The van der Waals surface area contributed by atoms with Gasteiger partial charge in [-0.25, -0.2) is 8.78 Å². The van der Waals surface area contributed by atoms with Crippen molar-refractivity contribution in [2.75, 3.05) is 0 Å². The Labute approximate surface area is 87.3 Å². The first kappa shape index (κ1) is 11.6. The smallest absolute Gasteiger partial charge is 0.220 e. The summed E-state index contributed by atoms with van der Waals surface area (Å²) < 4.78 is 25.9. The lowest BCUT2D eigenvalue weighted by Crippen LogP contribution is -2.26. The Bertz CT molecular complexity index is 366. The number of hydrogen-bond acceptors (Lipinski definition) is 1. The molecular formula is C11H13F2NO. The lowest BCUT2D eigenvalue weighted by molar-refractivity contribution is -0.121. The van der Waals surface area contributed by atoms with E-state index in [0.29, 0.717) is 12.0 Å². The van der Waals surface area contributed by atoms with E-state index in [9.17, 15) is 13.6 Å². The topological polar surface area (TPSA) is 29.1 Å². The molecule has 1 aromatic rings. The summed E-state index contributed by atoms with van der Waals surface area (Å²) in [6.45, 7) is 3.37. The SMILES string of the molecule is CCC(=O)N[C@H](C)c1ccc(F)cc1F. The zero-order valence-corrected chi connectivity index (χ0v) is 8.68. The van der Waals surface area contributed by atoms with Crippen LogP contribution in [0.25, 0.3) is 0 Å². The standard InChI is InChI=1S/C11H13F2NO/c1-3-11(15)14-7(2)9-5-4-8(12)6-10(9)13/h4-7H,3H2,1-2H3,(H,14,15)/t7-/m1/s1. The molecule has 1 N–H and O–H groups in total. The lowest BCUT2D eigenvalue weighted by Gasteiger charge is -2.14. The molecule has 0 bridgehead atoms. The van der Waals surface area contributed by atoms with Gasteiger partial charge in [-0.05, 0) is 13.0 Å². The quantitative estimate of drug-likeness (QED) is 0.821. The average Bonchev–Trinajstić information content (AvgIpc) is 2.17. The molecule has 0 aromatic heterocycles. The largest absolute Gasteiger partial charge is 0.349 e. The van der Waals surface area contributed by atoms with E-state index in [4.69, 9.17) is 0 Å². The van der Waals surface area contributed by atoms with Crippen LogP contribution in [0.3, 0.4) is 0 Å². The third-order valence-electron chi connectivity index (χ3n) is 2.13. The summed E-state index contributed by atoms with van der Waals surface area (Å²) in [7, 11) is 0. The van der Waals surface area contributed by atoms with Crippen molar-refractivity contribution in [3.63, 3.8) is 0 Å². The van der Waals surface area contributed by atoms with Gasteiger partial charge in [0, 0.05) is 18.1 Å². The molecule has 1 rings (SSSR count). The highest BCUT2D eigenvalue weighted by Gasteiger charge is 2.12. The van der Waals surface area contributed by atoms with Crippen LogP contribution in [0.1, 0.15) is 31.9 Å². The highest BCUT2D eigenvalue weighted by Crippen LogP contribution is 2.17. The normalized spacial score (nSPS) is 12.3. The van der Waals surface area contributed by atoms with Crippen molar-refractivity contribution in [1.82, 2.24) is 5.32 Å². The molecule has 1 atom stereocenters. The molecule has 0 spiro atoms. The van der Waals surface area contributed by atoms with E-state index in [1.165, 1.54) is 12.1 Å². The molecule has 0 aliphatic carbocycles. The number of carbonyl (C=O) groups is 1. The van der Waals surface area contributed by atoms with Crippen LogP contribution in [0.15, 0.2) is 18.2 Å². The maximum absolute atomic E-state index is 13.3. The molecule has 15 heavy (non-hydrogen) atoms. The minimum absolute atomic E-state index is 0.161. The summed E-state index contributed by atoms with van der Waals surface area (Å²) >= 11 is 0. The van der Waals surface area contributed by atoms with Crippen LogP contribution in [0.2, 0.25) is 0 Å². The fourth-order valence-electron chi connectivity index (χ4n) is 1.27. The van der Waals surface area contributed by atoms with E-state index < -0.39 is 17.7 Å². The summed E-state index contributed by atoms with van der Waals surface area (Å²) in [6.07, 6.45) is 0.340. The van der Waals surface area contributed by atoms with Gasteiger partial charge in [0.1, 0.15) is 11.6 Å². The number of nitrogens with one attached hydrogen (secondary N) is 1. The van der Waals surface area contributed by atoms with Crippen LogP contribution in [0.4, 0.5) is 8.78 Å². The highest BCUT2D eigenvalue weighted by atomic mass is 19.1. The highest BCUT2D eigenvalue weighted by molar-refractivity contribution is 5.75. The van der Waals surface area contributed by atoms with Crippen LogP contribution < -0.4 is 5.32 Å². The summed E-state index contributed by atoms with van der Waals surface area (Å²) in [5, 5.41) is 2.60. The van der Waals surface area contributed by atoms with E-state index in [1.54, 1.807) is 13.8 Å². The van der Waals surface area contributed by atoms with Gasteiger partial charge in [-0.1, -0.05) is 13.0 Å². The molecule has 0 saturated heterocycles. The van der Waals surface area contributed by atoms with Gasteiger partial charge < -0.3 is 5.32 Å². The van der Waals surface area contributed by atoms with Crippen LogP contribution in [-0.2, 0) is 4.79 Å². The number of halogens is 2. The summed E-state index contributed by atoms with van der Waals surface area (Å²) in [4.78, 5) is 11.1. The van der Waals surface area contributed by atoms with E-state index in [-0.39, 0.29) is 5.91 Å². The van der Waals surface area contributed by atoms with Gasteiger partial charge in [-0.2, -0.15) is 0 Å². The van der Waals surface area contributed by atoms with Gasteiger partial charge in [0.25, 0.3) is 0 Å². The number of rotatable bonds is 3. The van der Waals surface area contributed by atoms with Crippen LogP contribution >= 0.6 is 0 Å². The Morgan fingerprint density at radius 1 is 1.47 bits per heavy atom. The van der Waals surface area contributed by atoms with E-state index in [2.05, 4.69) is 5.32 Å². The monoisotopic (exact) mass is 213 g/mol. The maximum atomic E-state index is 13.3. The van der Waals surface area contributed by atoms with Crippen molar-refractivity contribution in [3.8, 4) is 0 Å². The van der Waals surface area contributed by atoms with Crippen molar-refractivity contribution in [2.45, 2.75) is 26.3 Å². The Balaban J connectivity index is 2.82. The van der Waals surface area contributed by atoms with Crippen molar-refractivity contribution in [1.29, 1.82) is 0 Å². The van der Waals surface area contributed by atoms with Crippen molar-refractivity contribution >= 4 is 5.91 Å². The van der Waals surface area contributed by atoms with Gasteiger partial charge in [0.2, 0.25) is 5.91 Å². The Hall–Kier alpha value is -1.45. The van der Waals surface area contributed by atoms with Crippen molar-refractivity contribution < 1.29 is 13.6 Å². The molecule has 1 aromatic carbocycles. The number of hydrogen-bond donors (Lipinski definition) is 1. The van der Waals surface area contributed by atoms with Crippen LogP contribution in [-0.4, -0.2) is 5.91 Å². The second kappa shape index (κ2) is 4.87. The van der Waals surface area contributed by atoms with Crippen molar-refractivity contribution in [3.05, 3.63) is 35.4 Å². The maximum Gasteiger partial charge on any atom is 0.220 e. The fraction of sp³-hybridized carbons (Fsp3) is 0.364. The van der Waals surface area contributed by atoms with Crippen molar-refractivity contribution in [2.24, 2.45) is 0 Å². The van der Waals surface area contributed by atoms with Gasteiger partial charge in [-0.3, -0.25) is 4.79 Å². The zero-order chi connectivity index (χ0) is 11.4. The summed E-state index contributed by atoms with van der Waals surface area (Å²) in [5.74, 6) is -1.42. The van der Waals surface area contributed by atoms with Gasteiger partial charge in [0.05, 0.1) is 6.04 Å². The second-order valence-electron chi connectivity index (χ2n) is 3.31. The van der Waals surface area contributed by atoms with Crippen LogP contribution in [0, 0.1) is 11.6 Å². The number of benzene rings is 1. The molecule has 0 aliphatic heterocycles. The first-order valence-corrected chi connectivity index (χ1v) is 4.79. The van der Waals surface area contributed by atoms with E-state index >= 15 is 0 Å². The fourth-order valence-corrected chi connectivity index (χ4v) is 1.27. The summed E-state index contributed by atoms with van der Waals surface area (Å²) in [6, 6.07) is 2.88.